The summed E-state index contributed by atoms with van der Waals surface area (Å²) in [4.78, 5) is 13.7. The minimum atomic E-state index is -0.889. The van der Waals surface area contributed by atoms with Gasteiger partial charge < -0.3 is 10.6 Å². The Morgan fingerprint density at radius 2 is 1.94 bits per heavy atom. The van der Waals surface area contributed by atoms with Gasteiger partial charge in [-0.15, -0.1) is 0 Å². The van der Waals surface area contributed by atoms with Crippen LogP contribution in [-0.4, -0.2) is 23.4 Å². The molecule has 0 aliphatic heterocycles. The lowest BCUT2D eigenvalue weighted by Crippen LogP contribution is -2.33. The summed E-state index contributed by atoms with van der Waals surface area (Å²) in [6, 6.07) is 2.20. The van der Waals surface area contributed by atoms with E-state index in [1.807, 2.05) is 6.92 Å². The van der Waals surface area contributed by atoms with Crippen molar-refractivity contribution in [1.29, 1.82) is 0 Å². The van der Waals surface area contributed by atoms with E-state index in [-0.39, 0.29) is 17.5 Å². The van der Waals surface area contributed by atoms with E-state index >= 15 is 0 Å². The molecule has 0 spiro atoms. The van der Waals surface area contributed by atoms with Crippen LogP contribution in [0, 0.1) is 11.6 Å². The van der Waals surface area contributed by atoms with Crippen molar-refractivity contribution in [3.05, 3.63) is 29.3 Å². The Balaban J connectivity index is 2.30. The van der Waals surface area contributed by atoms with Gasteiger partial charge in [0, 0.05) is 18.2 Å². The number of hydrogen-bond acceptors (Lipinski definition) is 2. The van der Waals surface area contributed by atoms with E-state index in [1.54, 1.807) is 4.90 Å². The Bertz CT molecular complexity index is 435. The molecule has 0 bridgehead atoms. The molecule has 1 aliphatic rings. The lowest BCUT2D eigenvalue weighted by Gasteiger charge is -2.20. The van der Waals surface area contributed by atoms with Crippen molar-refractivity contribution < 1.29 is 13.6 Å². The van der Waals surface area contributed by atoms with Gasteiger partial charge in [-0.3, -0.25) is 4.79 Å². The molecule has 1 saturated carbocycles. The molecule has 1 fully saturated rings. The molecule has 92 valence electrons. The molecule has 1 aromatic carbocycles. The zero-order valence-electron chi connectivity index (χ0n) is 9.54. The van der Waals surface area contributed by atoms with Crippen LogP contribution < -0.4 is 5.73 Å². The van der Waals surface area contributed by atoms with Gasteiger partial charge in [-0.2, -0.15) is 0 Å². The summed E-state index contributed by atoms with van der Waals surface area (Å²) >= 11 is 0. The summed E-state index contributed by atoms with van der Waals surface area (Å²) in [5, 5.41) is 0. The molecular formula is C12H14F2N2O. The fraction of sp³-hybridized carbons (Fsp3) is 0.417. The Labute approximate surface area is 98.2 Å². The molecule has 2 N–H and O–H groups in total. The summed E-state index contributed by atoms with van der Waals surface area (Å²) in [7, 11) is 0. The summed E-state index contributed by atoms with van der Waals surface area (Å²) in [6.45, 7) is 2.39. The van der Waals surface area contributed by atoms with Crippen molar-refractivity contribution in [3.8, 4) is 0 Å². The number of anilines is 1. The summed E-state index contributed by atoms with van der Waals surface area (Å²) in [5.41, 5.74) is 4.63. The van der Waals surface area contributed by atoms with E-state index < -0.39 is 17.3 Å². The topological polar surface area (TPSA) is 46.3 Å². The largest absolute Gasteiger partial charge is 0.394 e. The maximum atomic E-state index is 13.2. The molecule has 0 atom stereocenters. The highest BCUT2D eigenvalue weighted by Crippen LogP contribution is 2.28. The van der Waals surface area contributed by atoms with Gasteiger partial charge in [-0.05, 0) is 31.9 Å². The van der Waals surface area contributed by atoms with Gasteiger partial charge in [0.25, 0.3) is 5.91 Å². The molecule has 17 heavy (non-hydrogen) atoms. The fourth-order valence-corrected chi connectivity index (χ4v) is 1.83. The molecule has 1 amide bonds. The average Bonchev–Trinajstić information content (AvgIpc) is 3.10. The van der Waals surface area contributed by atoms with Crippen LogP contribution in [0.4, 0.5) is 14.5 Å². The quantitative estimate of drug-likeness (QED) is 0.823. The van der Waals surface area contributed by atoms with Crippen molar-refractivity contribution >= 4 is 11.6 Å². The second kappa shape index (κ2) is 4.31. The number of rotatable bonds is 3. The van der Waals surface area contributed by atoms with Gasteiger partial charge in [0.2, 0.25) is 0 Å². The maximum absolute atomic E-state index is 13.2. The fourth-order valence-electron chi connectivity index (χ4n) is 1.83. The first-order valence-corrected chi connectivity index (χ1v) is 5.60. The molecule has 2 rings (SSSR count). The van der Waals surface area contributed by atoms with Gasteiger partial charge in [0.1, 0.15) is 17.3 Å². The highest BCUT2D eigenvalue weighted by atomic mass is 19.1. The van der Waals surface area contributed by atoms with E-state index in [2.05, 4.69) is 0 Å². The zero-order chi connectivity index (χ0) is 12.6. The lowest BCUT2D eigenvalue weighted by atomic mass is 10.1. The van der Waals surface area contributed by atoms with Crippen LogP contribution in [0.25, 0.3) is 0 Å². The van der Waals surface area contributed by atoms with Gasteiger partial charge in [-0.1, -0.05) is 0 Å². The molecule has 1 aliphatic carbocycles. The van der Waals surface area contributed by atoms with Gasteiger partial charge >= 0.3 is 0 Å². The third kappa shape index (κ3) is 2.23. The molecule has 0 saturated heterocycles. The lowest BCUT2D eigenvalue weighted by molar-refractivity contribution is 0.0751. The van der Waals surface area contributed by atoms with Gasteiger partial charge in [0.15, 0.2) is 0 Å². The monoisotopic (exact) mass is 240 g/mol. The van der Waals surface area contributed by atoms with Crippen LogP contribution in [0.15, 0.2) is 12.1 Å². The van der Waals surface area contributed by atoms with Crippen LogP contribution in [0.2, 0.25) is 0 Å². The molecule has 1 aromatic rings. The van der Waals surface area contributed by atoms with Crippen LogP contribution in [0.1, 0.15) is 30.1 Å². The summed E-state index contributed by atoms with van der Waals surface area (Å²) in [6.07, 6.45) is 1.92. The number of nitrogens with two attached hydrogens (primary N) is 1. The molecule has 0 heterocycles. The SMILES string of the molecule is CCN(C(=O)c1cc(F)c(N)c(F)c1)C1CC1. The van der Waals surface area contributed by atoms with Crippen molar-refractivity contribution in [1.82, 2.24) is 4.90 Å². The number of amides is 1. The molecule has 0 aromatic heterocycles. The summed E-state index contributed by atoms with van der Waals surface area (Å²) < 4.78 is 26.5. The highest BCUT2D eigenvalue weighted by molar-refractivity contribution is 5.95. The van der Waals surface area contributed by atoms with E-state index in [9.17, 15) is 13.6 Å². The first-order chi connectivity index (χ1) is 8.04. The van der Waals surface area contributed by atoms with Crippen molar-refractivity contribution in [3.63, 3.8) is 0 Å². The Hall–Kier alpha value is -1.65. The standard InChI is InChI=1S/C12H14F2N2O/c1-2-16(8-3-4-8)12(17)7-5-9(13)11(15)10(14)6-7/h5-6,8H,2-4,15H2,1H3. The van der Waals surface area contributed by atoms with Crippen LogP contribution in [0.5, 0.6) is 0 Å². The van der Waals surface area contributed by atoms with Crippen molar-refractivity contribution in [2.45, 2.75) is 25.8 Å². The predicted molar refractivity (Wildman–Crippen MR) is 60.5 cm³/mol. The average molecular weight is 240 g/mol. The van der Waals surface area contributed by atoms with Crippen LogP contribution >= 0.6 is 0 Å². The minimum absolute atomic E-state index is 0.0166. The molecule has 0 radical (unpaired) electrons. The van der Waals surface area contributed by atoms with Gasteiger partial charge in [0.05, 0.1) is 0 Å². The smallest absolute Gasteiger partial charge is 0.254 e. The Morgan fingerprint density at radius 1 is 1.41 bits per heavy atom. The second-order valence-electron chi connectivity index (χ2n) is 4.18. The maximum Gasteiger partial charge on any atom is 0.254 e. The van der Waals surface area contributed by atoms with Gasteiger partial charge in [-0.25, -0.2) is 8.78 Å². The Kier molecular flexibility index (Phi) is 3.00. The molecule has 0 unspecified atom stereocenters. The number of halogens is 2. The predicted octanol–water partition coefficient (Wildman–Crippen LogP) is 2.17. The number of nitrogens with zero attached hydrogens (tertiary/aromatic N) is 1. The number of nitrogen functional groups attached to an aromatic ring is 1. The first-order valence-electron chi connectivity index (χ1n) is 5.60. The van der Waals surface area contributed by atoms with Crippen LogP contribution in [-0.2, 0) is 0 Å². The summed E-state index contributed by atoms with van der Waals surface area (Å²) in [5.74, 6) is -2.12. The number of benzene rings is 1. The van der Waals surface area contributed by atoms with Crippen LogP contribution in [0.3, 0.4) is 0 Å². The molecule has 5 heteroatoms. The highest BCUT2D eigenvalue weighted by Gasteiger charge is 2.32. The van der Waals surface area contributed by atoms with E-state index in [0.29, 0.717) is 6.54 Å². The third-order valence-corrected chi connectivity index (χ3v) is 2.92. The number of carbonyl (C=O) groups is 1. The van der Waals surface area contributed by atoms with E-state index in [0.717, 1.165) is 25.0 Å². The normalized spacial score (nSPS) is 14.8. The number of hydrogen-bond donors (Lipinski definition) is 1. The van der Waals surface area contributed by atoms with E-state index in [1.165, 1.54) is 0 Å². The van der Waals surface area contributed by atoms with Crippen molar-refractivity contribution in [2.75, 3.05) is 12.3 Å². The zero-order valence-corrected chi connectivity index (χ0v) is 9.54. The van der Waals surface area contributed by atoms with E-state index in [4.69, 9.17) is 5.73 Å². The number of carbonyl (C=O) groups excluding carboxylic acids is 1. The Morgan fingerprint density at radius 3 is 2.35 bits per heavy atom. The minimum Gasteiger partial charge on any atom is -0.394 e. The molecule has 3 nitrogen and oxygen atoms in total. The third-order valence-electron chi connectivity index (χ3n) is 2.92. The first kappa shape index (κ1) is 11.8. The van der Waals surface area contributed by atoms with Crippen molar-refractivity contribution in [2.24, 2.45) is 0 Å². The molecular weight excluding hydrogens is 226 g/mol. The second-order valence-corrected chi connectivity index (χ2v) is 4.18.